The molecule has 1 aromatic rings. The molecule has 0 fully saturated rings. The summed E-state index contributed by atoms with van der Waals surface area (Å²) in [5, 5.41) is 10.5. The largest absolute Gasteiger partial charge is 0.495 e. The number of pyridine rings is 1. The van der Waals surface area contributed by atoms with Crippen molar-refractivity contribution in [3.05, 3.63) is 28.1 Å². The fraction of sp³-hybridized carbons (Fsp3) is 0.286. The van der Waals surface area contributed by atoms with Crippen LogP contribution in [0.3, 0.4) is 0 Å². The quantitative estimate of drug-likeness (QED) is 0.542. The Morgan fingerprint density at radius 3 is 2.92 bits per heavy atom. The van der Waals surface area contributed by atoms with Gasteiger partial charge >= 0.3 is 0 Å². The molecular formula is C7H9N3O3. The van der Waals surface area contributed by atoms with Gasteiger partial charge in [0.25, 0.3) is 5.69 Å². The smallest absolute Gasteiger partial charge is 0.295 e. The summed E-state index contributed by atoms with van der Waals surface area (Å²) in [5.74, 6) is 0.351. The van der Waals surface area contributed by atoms with Gasteiger partial charge in [0, 0.05) is 6.54 Å². The number of hydrogen-bond acceptors (Lipinski definition) is 5. The summed E-state index contributed by atoms with van der Waals surface area (Å²) in [6.45, 7) is 0.0420. The number of rotatable bonds is 3. The molecule has 2 N–H and O–H groups in total. The van der Waals surface area contributed by atoms with E-state index in [1.807, 2.05) is 0 Å². The minimum atomic E-state index is -0.530. The van der Waals surface area contributed by atoms with Crippen LogP contribution < -0.4 is 10.5 Å². The van der Waals surface area contributed by atoms with Crippen molar-refractivity contribution in [3.63, 3.8) is 0 Å². The minimum Gasteiger partial charge on any atom is -0.495 e. The van der Waals surface area contributed by atoms with E-state index in [9.17, 15) is 10.1 Å². The van der Waals surface area contributed by atoms with Crippen LogP contribution in [0.25, 0.3) is 0 Å². The van der Waals surface area contributed by atoms with Crippen molar-refractivity contribution in [2.45, 2.75) is 6.54 Å². The lowest BCUT2D eigenvalue weighted by molar-refractivity contribution is -0.386. The molecular weight excluding hydrogens is 174 g/mol. The Morgan fingerprint density at radius 1 is 1.77 bits per heavy atom. The molecule has 0 saturated carbocycles. The number of ether oxygens (including phenoxy) is 1. The molecule has 6 heteroatoms. The second-order valence-electron chi connectivity index (χ2n) is 2.30. The number of hydrogen-bond donors (Lipinski definition) is 1. The molecule has 0 amide bonds. The Balaban J connectivity index is 3.18. The summed E-state index contributed by atoms with van der Waals surface area (Å²) in [7, 11) is 1.42. The van der Waals surface area contributed by atoms with Gasteiger partial charge in [-0.1, -0.05) is 0 Å². The Morgan fingerprint density at radius 2 is 2.46 bits per heavy atom. The van der Waals surface area contributed by atoms with Crippen LogP contribution >= 0.6 is 0 Å². The molecule has 13 heavy (non-hydrogen) atoms. The Kier molecular flexibility index (Phi) is 2.76. The summed E-state index contributed by atoms with van der Waals surface area (Å²) >= 11 is 0. The van der Waals surface area contributed by atoms with Gasteiger partial charge in [0.05, 0.1) is 24.3 Å². The molecule has 0 atom stereocenters. The molecule has 1 aromatic heterocycles. The molecule has 0 radical (unpaired) electrons. The molecule has 0 aliphatic heterocycles. The van der Waals surface area contributed by atoms with Gasteiger partial charge in [-0.15, -0.1) is 0 Å². The second-order valence-corrected chi connectivity index (χ2v) is 2.30. The zero-order valence-electron chi connectivity index (χ0n) is 7.06. The van der Waals surface area contributed by atoms with Crippen molar-refractivity contribution < 1.29 is 9.66 Å². The molecule has 0 unspecified atom stereocenters. The zero-order valence-corrected chi connectivity index (χ0v) is 7.06. The molecule has 0 aliphatic rings. The maximum Gasteiger partial charge on any atom is 0.295 e. The Labute approximate surface area is 74.5 Å². The highest BCUT2D eigenvalue weighted by Crippen LogP contribution is 2.21. The van der Waals surface area contributed by atoms with Gasteiger partial charge in [-0.3, -0.25) is 10.1 Å². The van der Waals surface area contributed by atoms with E-state index in [0.29, 0.717) is 5.75 Å². The van der Waals surface area contributed by atoms with Gasteiger partial charge in [-0.25, -0.2) is 4.98 Å². The SMILES string of the molecule is COc1cnc(CN)c([N+](=O)[O-])c1. The first-order valence-electron chi connectivity index (χ1n) is 3.56. The van der Waals surface area contributed by atoms with Crippen molar-refractivity contribution in [2.24, 2.45) is 5.73 Å². The third-order valence-corrected chi connectivity index (χ3v) is 1.55. The van der Waals surface area contributed by atoms with Crippen molar-refractivity contribution in [1.82, 2.24) is 4.98 Å². The first-order valence-corrected chi connectivity index (χ1v) is 3.56. The summed E-state index contributed by atoms with van der Waals surface area (Å²) in [6.07, 6.45) is 1.40. The molecule has 70 valence electrons. The summed E-state index contributed by atoms with van der Waals surface area (Å²) in [4.78, 5) is 13.8. The summed E-state index contributed by atoms with van der Waals surface area (Å²) < 4.78 is 4.80. The molecule has 0 spiro atoms. The van der Waals surface area contributed by atoms with Crippen LogP contribution in [0.1, 0.15) is 5.69 Å². The lowest BCUT2D eigenvalue weighted by Crippen LogP contribution is -2.04. The van der Waals surface area contributed by atoms with Crippen LogP contribution in [0.2, 0.25) is 0 Å². The van der Waals surface area contributed by atoms with E-state index in [4.69, 9.17) is 10.5 Å². The summed E-state index contributed by atoms with van der Waals surface area (Å²) in [6, 6.07) is 1.30. The maximum atomic E-state index is 10.5. The molecule has 0 aliphatic carbocycles. The predicted molar refractivity (Wildman–Crippen MR) is 45.3 cm³/mol. The number of nitro groups is 1. The van der Waals surface area contributed by atoms with Gasteiger partial charge < -0.3 is 10.5 Å². The van der Waals surface area contributed by atoms with E-state index in [2.05, 4.69) is 4.98 Å². The van der Waals surface area contributed by atoms with Crippen LogP contribution in [0.15, 0.2) is 12.3 Å². The highest BCUT2D eigenvalue weighted by Gasteiger charge is 2.14. The van der Waals surface area contributed by atoms with Crippen molar-refractivity contribution in [3.8, 4) is 5.75 Å². The van der Waals surface area contributed by atoms with Gasteiger partial charge in [-0.05, 0) is 0 Å². The lowest BCUT2D eigenvalue weighted by Gasteiger charge is -2.01. The Bertz CT molecular complexity index is 327. The van der Waals surface area contributed by atoms with Gasteiger partial charge in [0.2, 0.25) is 0 Å². The standard InChI is InChI=1S/C7H9N3O3/c1-13-5-2-7(10(11)12)6(3-8)9-4-5/h2,4H,3,8H2,1H3. The Hall–Kier alpha value is -1.69. The van der Waals surface area contributed by atoms with Crippen molar-refractivity contribution in [2.75, 3.05) is 7.11 Å². The van der Waals surface area contributed by atoms with Crippen LogP contribution in [0, 0.1) is 10.1 Å². The third-order valence-electron chi connectivity index (χ3n) is 1.55. The predicted octanol–water partition coefficient (Wildman–Crippen LogP) is 0.457. The van der Waals surface area contributed by atoms with E-state index in [1.54, 1.807) is 0 Å². The van der Waals surface area contributed by atoms with Crippen molar-refractivity contribution >= 4 is 5.69 Å². The van der Waals surface area contributed by atoms with Gasteiger partial charge in [0.1, 0.15) is 11.4 Å². The first kappa shape index (κ1) is 9.40. The molecule has 1 heterocycles. The molecule has 0 aromatic carbocycles. The average Bonchev–Trinajstić information content (AvgIpc) is 2.16. The van der Waals surface area contributed by atoms with E-state index in [0.717, 1.165) is 0 Å². The molecule has 0 saturated heterocycles. The second kappa shape index (κ2) is 3.81. The number of methoxy groups -OCH3 is 1. The van der Waals surface area contributed by atoms with E-state index in [-0.39, 0.29) is 17.9 Å². The third kappa shape index (κ3) is 1.91. The summed E-state index contributed by atoms with van der Waals surface area (Å²) in [5.41, 5.74) is 5.42. The number of nitrogens with two attached hydrogens (primary N) is 1. The monoisotopic (exact) mass is 183 g/mol. The number of nitrogens with zero attached hydrogens (tertiary/aromatic N) is 2. The van der Waals surface area contributed by atoms with E-state index < -0.39 is 4.92 Å². The highest BCUT2D eigenvalue weighted by molar-refractivity contribution is 5.40. The minimum absolute atomic E-state index is 0.0420. The molecule has 0 bridgehead atoms. The topological polar surface area (TPSA) is 91.3 Å². The van der Waals surface area contributed by atoms with E-state index >= 15 is 0 Å². The van der Waals surface area contributed by atoms with Gasteiger partial charge in [0.15, 0.2) is 0 Å². The first-order chi connectivity index (χ1) is 6.19. The normalized spacial score (nSPS) is 9.69. The number of aromatic nitrogens is 1. The van der Waals surface area contributed by atoms with Crippen LogP contribution in [-0.4, -0.2) is 17.0 Å². The van der Waals surface area contributed by atoms with Gasteiger partial charge in [-0.2, -0.15) is 0 Å². The average molecular weight is 183 g/mol. The van der Waals surface area contributed by atoms with Crippen LogP contribution in [0.4, 0.5) is 5.69 Å². The lowest BCUT2D eigenvalue weighted by atomic mass is 10.3. The maximum absolute atomic E-state index is 10.5. The fourth-order valence-electron chi connectivity index (χ4n) is 0.890. The van der Waals surface area contributed by atoms with E-state index in [1.165, 1.54) is 19.4 Å². The zero-order chi connectivity index (χ0) is 9.84. The molecule has 6 nitrogen and oxygen atoms in total. The van der Waals surface area contributed by atoms with Crippen molar-refractivity contribution in [1.29, 1.82) is 0 Å². The fourth-order valence-corrected chi connectivity index (χ4v) is 0.890. The highest BCUT2D eigenvalue weighted by atomic mass is 16.6. The van der Waals surface area contributed by atoms with Crippen LogP contribution in [-0.2, 0) is 6.54 Å². The molecule has 1 rings (SSSR count). The van der Waals surface area contributed by atoms with Crippen LogP contribution in [0.5, 0.6) is 5.75 Å².